The van der Waals surface area contributed by atoms with E-state index in [0.29, 0.717) is 11.6 Å². The lowest BCUT2D eigenvalue weighted by Crippen LogP contribution is -2.38. The number of anilines is 1. The molecule has 1 aliphatic rings. The van der Waals surface area contributed by atoms with Crippen LogP contribution in [0.3, 0.4) is 0 Å². The molecule has 2 heterocycles. The summed E-state index contributed by atoms with van der Waals surface area (Å²) in [6, 6.07) is 15.7. The molecule has 138 valence electrons. The van der Waals surface area contributed by atoms with Crippen molar-refractivity contribution in [2.75, 3.05) is 18.1 Å². The van der Waals surface area contributed by atoms with E-state index in [2.05, 4.69) is 4.90 Å². The van der Waals surface area contributed by atoms with Crippen molar-refractivity contribution in [3.63, 3.8) is 0 Å². The highest BCUT2D eigenvalue weighted by molar-refractivity contribution is 7.81. The molecule has 3 aromatic rings. The number of fused-ring (bicyclic) bond motifs is 3. The highest BCUT2D eigenvalue weighted by atomic mass is 32.1. The summed E-state index contributed by atoms with van der Waals surface area (Å²) in [5.74, 6) is -0.0973. The molecule has 0 spiro atoms. The zero-order valence-electron chi connectivity index (χ0n) is 15.0. The number of carboxylic acid groups (broad SMARTS) is 1. The fourth-order valence-electron chi connectivity index (χ4n) is 3.81. The van der Waals surface area contributed by atoms with Crippen molar-refractivity contribution < 1.29 is 14.6 Å². The number of rotatable bonds is 5. The molecule has 0 bridgehead atoms. The maximum atomic E-state index is 11.5. The van der Waals surface area contributed by atoms with Crippen LogP contribution in [0.5, 0.6) is 5.75 Å². The standard InChI is InChI=1S/C21H20N2O3S/c1-2-26-18-10-6-5-9-17(18)22-12-11-15-14-7-3-4-8-16(14)23(13-19(24)25)20(15)21(22)27/h3-10H,2,11-13H2,1H3,(H,24,25). The first-order chi connectivity index (χ1) is 13.1. The number of carboxylic acids is 1. The van der Waals surface area contributed by atoms with Crippen molar-refractivity contribution >= 4 is 39.8 Å². The molecule has 1 N–H and O–H groups in total. The molecule has 5 nitrogen and oxygen atoms in total. The van der Waals surface area contributed by atoms with Gasteiger partial charge in [0.1, 0.15) is 17.3 Å². The van der Waals surface area contributed by atoms with Crippen LogP contribution in [-0.2, 0) is 17.8 Å². The minimum atomic E-state index is -0.881. The van der Waals surface area contributed by atoms with Crippen LogP contribution >= 0.6 is 12.2 Å². The average molecular weight is 380 g/mol. The lowest BCUT2D eigenvalue weighted by molar-refractivity contribution is -0.137. The van der Waals surface area contributed by atoms with Gasteiger partial charge >= 0.3 is 5.97 Å². The van der Waals surface area contributed by atoms with Crippen LogP contribution in [0.1, 0.15) is 18.2 Å². The summed E-state index contributed by atoms with van der Waals surface area (Å²) in [5, 5.41) is 10.5. The number of benzene rings is 2. The van der Waals surface area contributed by atoms with E-state index in [1.807, 2.05) is 60.0 Å². The maximum Gasteiger partial charge on any atom is 0.323 e. The van der Waals surface area contributed by atoms with Gasteiger partial charge in [0.05, 0.1) is 18.0 Å². The Balaban J connectivity index is 1.86. The number of para-hydroxylation sites is 3. The summed E-state index contributed by atoms with van der Waals surface area (Å²) in [7, 11) is 0. The van der Waals surface area contributed by atoms with Gasteiger partial charge < -0.3 is 19.3 Å². The molecule has 0 fully saturated rings. The van der Waals surface area contributed by atoms with Gasteiger partial charge in [-0.25, -0.2) is 0 Å². The van der Waals surface area contributed by atoms with Crippen LogP contribution in [0.15, 0.2) is 48.5 Å². The first-order valence-electron chi connectivity index (χ1n) is 8.97. The molecule has 27 heavy (non-hydrogen) atoms. The van der Waals surface area contributed by atoms with Gasteiger partial charge in [0, 0.05) is 17.4 Å². The molecule has 0 atom stereocenters. The van der Waals surface area contributed by atoms with Crippen molar-refractivity contribution in [2.24, 2.45) is 0 Å². The number of hydrogen-bond donors (Lipinski definition) is 1. The minimum absolute atomic E-state index is 0.114. The third kappa shape index (κ3) is 2.96. The predicted octanol–water partition coefficient (Wildman–Crippen LogP) is 3.86. The Morgan fingerprint density at radius 1 is 1.19 bits per heavy atom. The Morgan fingerprint density at radius 3 is 2.70 bits per heavy atom. The number of nitrogens with zero attached hydrogens (tertiary/aromatic N) is 2. The van der Waals surface area contributed by atoms with E-state index in [1.165, 1.54) is 0 Å². The topological polar surface area (TPSA) is 54.7 Å². The molecule has 1 aliphatic heterocycles. The van der Waals surface area contributed by atoms with E-state index in [1.54, 1.807) is 0 Å². The van der Waals surface area contributed by atoms with Crippen LogP contribution in [0, 0.1) is 0 Å². The van der Waals surface area contributed by atoms with Gasteiger partial charge in [-0.2, -0.15) is 0 Å². The predicted molar refractivity (Wildman–Crippen MR) is 110 cm³/mol. The van der Waals surface area contributed by atoms with E-state index in [9.17, 15) is 9.90 Å². The van der Waals surface area contributed by atoms with Crippen LogP contribution < -0.4 is 9.64 Å². The summed E-state index contributed by atoms with van der Waals surface area (Å²) >= 11 is 5.85. The number of hydrogen-bond acceptors (Lipinski definition) is 3. The van der Waals surface area contributed by atoms with E-state index < -0.39 is 5.97 Å². The summed E-state index contributed by atoms with van der Waals surface area (Å²) < 4.78 is 7.60. The van der Waals surface area contributed by atoms with Crippen LogP contribution in [-0.4, -0.2) is 33.8 Å². The van der Waals surface area contributed by atoms with Crippen molar-refractivity contribution in [3.05, 3.63) is 59.8 Å². The summed E-state index contributed by atoms with van der Waals surface area (Å²) in [4.78, 5) is 14.2. The molecule has 0 saturated heterocycles. The van der Waals surface area contributed by atoms with Gasteiger partial charge in [-0.15, -0.1) is 0 Å². The van der Waals surface area contributed by atoms with Crippen LogP contribution in [0.2, 0.25) is 0 Å². The van der Waals surface area contributed by atoms with E-state index in [4.69, 9.17) is 17.0 Å². The fourth-order valence-corrected chi connectivity index (χ4v) is 4.24. The smallest absolute Gasteiger partial charge is 0.323 e. The van der Waals surface area contributed by atoms with Crippen molar-refractivity contribution in [1.82, 2.24) is 4.57 Å². The zero-order chi connectivity index (χ0) is 19.0. The first kappa shape index (κ1) is 17.5. The zero-order valence-corrected chi connectivity index (χ0v) is 15.8. The molecule has 1 aromatic heterocycles. The quantitative estimate of drug-likeness (QED) is 0.681. The third-order valence-corrected chi connectivity index (χ3v) is 5.27. The summed E-state index contributed by atoms with van der Waals surface area (Å²) in [6.07, 6.45) is 0.795. The van der Waals surface area contributed by atoms with Crippen molar-refractivity contribution in [3.8, 4) is 5.75 Å². The fraction of sp³-hybridized carbons (Fsp3) is 0.238. The highest BCUT2D eigenvalue weighted by Gasteiger charge is 2.30. The van der Waals surface area contributed by atoms with Gasteiger partial charge in [-0.1, -0.05) is 42.5 Å². The Bertz CT molecular complexity index is 1040. The average Bonchev–Trinajstić information content (AvgIpc) is 2.97. The highest BCUT2D eigenvalue weighted by Crippen LogP contribution is 2.36. The van der Waals surface area contributed by atoms with E-state index >= 15 is 0 Å². The number of thiocarbonyl (C=S) groups is 1. The molecule has 0 unspecified atom stereocenters. The van der Waals surface area contributed by atoms with E-state index in [-0.39, 0.29) is 6.54 Å². The number of ether oxygens (including phenoxy) is 1. The first-order valence-corrected chi connectivity index (χ1v) is 9.38. The van der Waals surface area contributed by atoms with Crippen LogP contribution in [0.25, 0.3) is 10.9 Å². The van der Waals surface area contributed by atoms with E-state index in [0.717, 1.165) is 46.6 Å². The Kier molecular flexibility index (Phi) is 4.58. The second-order valence-corrected chi connectivity index (χ2v) is 6.82. The van der Waals surface area contributed by atoms with Gasteiger partial charge in [0.2, 0.25) is 0 Å². The van der Waals surface area contributed by atoms with Crippen molar-refractivity contribution in [1.29, 1.82) is 0 Å². The molecule has 0 aliphatic carbocycles. The third-order valence-electron chi connectivity index (χ3n) is 4.86. The lowest BCUT2D eigenvalue weighted by atomic mass is 10.0. The van der Waals surface area contributed by atoms with Gasteiger partial charge in [0.25, 0.3) is 0 Å². The minimum Gasteiger partial charge on any atom is -0.492 e. The molecule has 2 aromatic carbocycles. The molecular formula is C21H20N2O3S. The second-order valence-electron chi connectivity index (χ2n) is 6.43. The molecular weight excluding hydrogens is 360 g/mol. The SMILES string of the molecule is CCOc1ccccc1N1CCc2c(n(CC(=O)O)c3ccccc23)C1=S. The largest absolute Gasteiger partial charge is 0.492 e. The molecule has 6 heteroatoms. The van der Waals surface area contributed by atoms with Gasteiger partial charge in [0.15, 0.2) is 0 Å². The molecule has 0 saturated carbocycles. The monoisotopic (exact) mass is 380 g/mol. The second kappa shape index (κ2) is 7.04. The number of aliphatic carboxylic acids is 1. The Labute approximate surface area is 162 Å². The molecule has 4 rings (SSSR count). The summed E-state index contributed by atoms with van der Waals surface area (Å²) in [6.45, 7) is 3.14. The number of aromatic nitrogens is 1. The van der Waals surface area contributed by atoms with Gasteiger partial charge in [-0.3, -0.25) is 4.79 Å². The normalized spacial score (nSPS) is 13.7. The van der Waals surface area contributed by atoms with Crippen molar-refractivity contribution in [2.45, 2.75) is 19.9 Å². The van der Waals surface area contributed by atoms with Gasteiger partial charge in [-0.05, 0) is 37.1 Å². The molecule has 0 radical (unpaired) electrons. The van der Waals surface area contributed by atoms with Crippen LogP contribution in [0.4, 0.5) is 5.69 Å². The summed E-state index contributed by atoms with van der Waals surface area (Å²) in [5.41, 5.74) is 3.78. The molecule has 0 amide bonds. The maximum absolute atomic E-state index is 11.5. The lowest BCUT2D eigenvalue weighted by Gasteiger charge is -2.32. The Hall–Kier alpha value is -2.86. The number of carbonyl (C=O) groups is 1. The Morgan fingerprint density at radius 2 is 1.93 bits per heavy atom.